The molecule has 124 valence electrons. The average Bonchev–Trinajstić information content (AvgIpc) is 2.62. The van der Waals surface area contributed by atoms with E-state index in [4.69, 9.17) is 5.26 Å². The zero-order valence-electron chi connectivity index (χ0n) is 13.8. The first-order valence-corrected chi connectivity index (χ1v) is 7.78. The Morgan fingerprint density at radius 1 is 1.12 bits per heavy atom. The molecule has 0 saturated carbocycles. The van der Waals surface area contributed by atoms with E-state index in [1.54, 1.807) is 12.3 Å². The third-order valence-corrected chi connectivity index (χ3v) is 4.07. The molecule has 0 spiro atoms. The molecular formula is C17H19FN6. The maximum atomic E-state index is 13.8. The van der Waals surface area contributed by atoms with Gasteiger partial charge in [0.2, 0.25) is 5.95 Å². The standard InChI is InChI=1S/C17H19FN6/c1-22(2)17-20-6-5-16(21-17)24-9-7-23(8-10-24)14-4-3-13(12-19)15(18)11-14/h3-6,11H,7-10H2,1-2H3. The first kappa shape index (κ1) is 16.0. The molecule has 6 nitrogen and oxygen atoms in total. The van der Waals surface area contributed by atoms with Gasteiger partial charge in [-0.05, 0) is 24.3 Å². The van der Waals surface area contributed by atoms with Gasteiger partial charge in [0, 0.05) is 52.2 Å². The van der Waals surface area contributed by atoms with E-state index in [0.717, 1.165) is 37.7 Å². The molecule has 0 unspecified atom stereocenters. The van der Waals surface area contributed by atoms with Crippen molar-refractivity contribution in [1.29, 1.82) is 5.26 Å². The Hall–Kier alpha value is -2.88. The largest absolute Gasteiger partial charge is 0.368 e. The molecule has 0 atom stereocenters. The third-order valence-electron chi connectivity index (χ3n) is 4.07. The van der Waals surface area contributed by atoms with Crippen molar-refractivity contribution in [2.75, 3.05) is 55.0 Å². The summed E-state index contributed by atoms with van der Waals surface area (Å²) in [5.74, 6) is 1.12. The second-order valence-electron chi connectivity index (χ2n) is 5.86. The minimum absolute atomic E-state index is 0.0783. The van der Waals surface area contributed by atoms with E-state index in [0.29, 0.717) is 5.95 Å². The lowest BCUT2D eigenvalue weighted by atomic mass is 10.2. The van der Waals surface area contributed by atoms with Crippen molar-refractivity contribution < 1.29 is 4.39 Å². The lowest BCUT2D eigenvalue weighted by Gasteiger charge is -2.36. The van der Waals surface area contributed by atoms with Gasteiger partial charge < -0.3 is 14.7 Å². The molecule has 1 aliphatic heterocycles. The van der Waals surface area contributed by atoms with Crippen LogP contribution in [-0.4, -0.2) is 50.2 Å². The quantitative estimate of drug-likeness (QED) is 0.858. The fraction of sp³-hybridized carbons (Fsp3) is 0.353. The number of piperazine rings is 1. The number of nitrogens with zero attached hydrogens (tertiary/aromatic N) is 6. The number of rotatable bonds is 3. The summed E-state index contributed by atoms with van der Waals surface area (Å²) in [4.78, 5) is 15.0. The topological polar surface area (TPSA) is 59.3 Å². The molecule has 1 aromatic heterocycles. The highest BCUT2D eigenvalue weighted by Gasteiger charge is 2.19. The summed E-state index contributed by atoms with van der Waals surface area (Å²) in [6, 6.07) is 8.52. The lowest BCUT2D eigenvalue weighted by molar-refractivity contribution is 0.616. The number of nitriles is 1. The SMILES string of the molecule is CN(C)c1nccc(N2CCN(c3ccc(C#N)c(F)c3)CC2)n1. The van der Waals surface area contributed by atoms with Gasteiger partial charge in [-0.3, -0.25) is 0 Å². The fourth-order valence-corrected chi connectivity index (χ4v) is 2.72. The second kappa shape index (κ2) is 6.71. The normalized spacial score (nSPS) is 14.4. The van der Waals surface area contributed by atoms with Crippen LogP contribution in [0.2, 0.25) is 0 Å². The molecule has 24 heavy (non-hydrogen) atoms. The first-order chi connectivity index (χ1) is 11.6. The van der Waals surface area contributed by atoms with Crippen molar-refractivity contribution in [3.63, 3.8) is 0 Å². The Kier molecular flexibility index (Phi) is 4.47. The summed E-state index contributed by atoms with van der Waals surface area (Å²) in [6.45, 7) is 3.14. The Labute approximate surface area is 140 Å². The third kappa shape index (κ3) is 3.23. The summed E-state index contributed by atoms with van der Waals surface area (Å²) in [6.07, 6.45) is 1.76. The number of hydrogen-bond acceptors (Lipinski definition) is 6. The number of anilines is 3. The number of halogens is 1. The maximum Gasteiger partial charge on any atom is 0.226 e. The summed E-state index contributed by atoms with van der Waals surface area (Å²) in [5.41, 5.74) is 0.886. The molecule has 7 heteroatoms. The van der Waals surface area contributed by atoms with Gasteiger partial charge in [0.1, 0.15) is 17.7 Å². The van der Waals surface area contributed by atoms with Crippen LogP contribution in [0.5, 0.6) is 0 Å². The smallest absolute Gasteiger partial charge is 0.226 e. The Morgan fingerprint density at radius 3 is 2.46 bits per heavy atom. The van der Waals surface area contributed by atoms with E-state index < -0.39 is 5.82 Å². The van der Waals surface area contributed by atoms with Crippen LogP contribution in [0.25, 0.3) is 0 Å². The molecule has 0 radical (unpaired) electrons. The van der Waals surface area contributed by atoms with Gasteiger partial charge in [0.25, 0.3) is 0 Å². The van der Waals surface area contributed by atoms with Crippen LogP contribution in [0.4, 0.5) is 21.8 Å². The van der Waals surface area contributed by atoms with E-state index in [-0.39, 0.29) is 5.56 Å². The fourth-order valence-electron chi connectivity index (χ4n) is 2.72. The second-order valence-corrected chi connectivity index (χ2v) is 5.86. The summed E-state index contributed by atoms with van der Waals surface area (Å²) in [7, 11) is 3.83. The monoisotopic (exact) mass is 326 g/mol. The summed E-state index contributed by atoms with van der Waals surface area (Å²) in [5, 5.41) is 8.82. The molecule has 1 aliphatic rings. The van der Waals surface area contributed by atoms with Gasteiger partial charge in [-0.1, -0.05) is 0 Å². The van der Waals surface area contributed by atoms with E-state index in [9.17, 15) is 4.39 Å². The van der Waals surface area contributed by atoms with Crippen molar-refractivity contribution in [2.24, 2.45) is 0 Å². The number of hydrogen-bond donors (Lipinski definition) is 0. The summed E-state index contributed by atoms with van der Waals surface area (Å²) < 4.78 is 13.8. The molecule has 1 fully saturated rings. The van der Waals surface area contributed by atoms with Crippen LogP contribution in [0, 0.1) is 17.1 Å². The molecule has 3 rings (SSSR count). The zero-order chi connectivity index (χ0) is 17.1. The average molecular weight is 326 g/mol. The number of aromatic nitrogens is 2. The predicted molar refractivity (Wildman–Crippen MR) is 91.9 cm³/mol. The molecular weight excluding hydrogens is 307 g/mol. The van der Waals surface area contributed by atoms with Crippen LogP contribution in [-0.2, 0) is 0 Å². The molecule has 0 bridgehead atoms. The van der Waals surface area contributed by atoms with E-state index >= 15 is 0 Å². The van der Waals surface area contributed by atoms with Crippen molar-refractivity contribution >= 4 is 17.5 Å². The molecule has 0 amide bonds. The molecule has 1 saturated heterocycles. The molecule has 2 heterocycles. The minimum Gasteiger partial charge on any atom is -0.368 e. The van der Waals surface area contributed by atoms with Crippen LogP contribution in [0.15, 0.2) is 30.5 Å². The molecule has 0 N–H and O–H groups in total. The van der Waals surface area contributed by atoms with Gasteiger partial charge >= 0.3 is 0 Å². The van der Waals surface area contributed by atoms with E-state index in [1.165, 1.54) is 12.1 Å². The lowest BCUT2D eigenvalue weighted by Crippen LogP contribution is -2.47. The predicted octanol–water partition coefficient (Wildman–Crippen LogP) is 1.88. The van der Waals surface area contributed by atoms with Crippen molar-refractivity contribution in [3.8, 4) is 6.07 Å². The molecule has 2 aromatic rings. The van der Waals surface area contributed by atoms with Crippen LogP contribution in [0.1, 0.15) is 5.56 Å². The number of benzene rings is 1. The van der Waals surface area contributed by atoms with Crippen LogP contribution < -0.4 is 14.7 Å². The summed E-state index contributed by atoms with van der Waals surface area (Å²) >= 11 is 0. The zero-order valence-corrected chi connectivity index (χ0v) is 13.8. The molecule has 1 aromatic carbocycles. The Balaban J connectivity index is 1.69. The van der Waals surface area contributed by atoms with E-state index in [2.05, 4.69) is 19.8 Å². The van der Waals surface area contributed by atoms with Crippen molar-refractivity contribution in [3.05, 3.63) is 41.8 Å². The van der Waals surface area contributed by atoms with Crippen LogP contribution >= 0.6 is 0 Å². The van der Waals surface area contributed by atoms with Crippen LogP contribution in [0.3, 0.4) is 0 Å². The van der Waals surface area contributed by atoms with Gasteiger partial charge in [0.05, 0.1) is 5.56 Å². The Morgan fingerprint density at radius 2 is 1.83 bits per heavy atom. The van der Waals surface area contributed by atoms with Gasteiger partial charge in [-0.15, -0.1) is 0 Å². The van der Waals surface area contributed by atoms with Crippen molar-refractivity contribution in [2.45, 2.75) is 0 Å². The van der Waals surface area contributed by atoms with Gasteiger partial charge in [-0.2, -0.15) is 10.2 Å². The highest BCUT2D eigenvalue weighted by atomic mass is 19.1. The van der Waals surface area contributed by atoms with Crippen molar-refractivity contribution in [1.82, 2.24) is 9.97 Å². The van der Waals surface area contributed by atoms with Gasteiger partial charge in [0.15, 0.2) is 0 Å². The first-order valence-electron chi connectivity index (χ1n) is 7.78. The minimum atomic E-state index is -0.469. The van der Waals surface area contributed by atoms with Gasteiger partial charge in [-0.25, -0.2) is 9.37 Å². The maximum absolute atomic E-state index is 13.8. The highest BCUT2D eigenvalue weighted by molar-refractivity contribution is 5.52. The molecule has 0 aliphatic carbocycles. The highest BCUT2D eigenvalue weighted by Crippen LogP contribution is 2.22. The van der Waals surface area contributed by atoms with E-state index in [1.807, 2.05) is 31.1 Å². The Bertz CT molecular complexity index is 762.